The van der Waals surface area contributed by atoms with Crippen LogP contribution in [0.4, 0.5) is 10.1 Å². The minimum atomic E-state index is -0.942. The highest BCUT2D eigenvalue weighted by atomic mass is 19.1. The lowest BCUT2D eigenvalue weighted by Crippen LogP contribution is -2.47. The average Bonchev–Trinajstić information content (AvgIpc) is 2.91. The molecule has 1 aromatic heterocycles. The number of nitrogens with one attached hydrogen (secondary N) is 2. The molecule has 8 nitrogen and oxygen atoms in total. The van der Waals surface area contributed by atoms with Crippen LogP contribution in [0.15, 0.2) is 97.5 Å². The Bertz CT molecular complexity index is 1290. The number of aromatic nitrogens is 2. The first-order valence-corrected chi connectivity index (χ1v) is 11.6. The van der Waals surface area contributed by atoms with Gasteiger partial charge in [-0.25, -0.2) is 4.39 Å². The van der Waals surface area contributed by atoms with Gasteiger partial charge in [-0.15, -0.1) is 0 Å². The number of anilines is 1. The van der Waals surface area contributed by atoms with Gasteiger partial charge in [-0.1, -0.05) is 30.3 Å². The van der Waals surface area contributed by atoms with Crippen molar-refractivity contribution in [2.45, 2.75) is 19.1 Å². The first kappa shape index (κ1) is 25.5. The molecule has 0 saturated carbocycles. The van der Waals surface area contributed by atoms with Crippen LogP contribution < -0.4 is 15.4 Å². The molecule has 37 heavy (non-hydrogen) atoms. The topological polar surface area (TPSA) is 102 Å². The number of carbonyl (C=O) groups is 2. The highest BCUT2D eigenvalue weighted by Crippen LogP contribution is 2.23. The van der Waals surface area contributed by atoms with E-state index < -0.39 is 11.9 Å². The lowest BCUT2D eigenvalue weighted by molar-refractivity contribution is -0.127. The molecule has 2 N–H and O–H groups in total. The standard InChI is InChI=1S/C28H25FN4O4/c29-21-6-10-24(11-7-21)37-25-12-8-22(9-13-25)32-28(35)26(19-36-18-20-4-2-1-3-5-20)33-27(34)16-23-17-30-14-15-31-23/h1-15,17,26H,16,18-19H2,(H,32,35)(H,33,34)/t26-/m0/s1. The summed E-state index contributed by atoms with van der Waals surface area (Å²) in [6.07, 6.45) is 4.49. The smallest absolute Gasteiger partial charge is 0.249 e. The molecule has 2 amide bonds. The summed E-state index contributed by atoms with van der Waals surface area (Å²) in [6, 6.07) is 20.9. The summed E-state index contributed by atoms with van der Waals surface area (Å²) in [5.41, 5.74) is 1.94. The summed E-state index contributed by atoms with van der Waals surface area (Å²) in [5, 5.41) is 5.51. The number of halogens is 1. The number of benzene rings is 3. The molecular formula is C28H25FN4O4. The van der Waals surface area contributed by atoms with Gasteiger partial charge in [-0.2, -0.15) is 0 Å². The fraction of sp³-hybridized carbons (Fsp3) is 0.143. The van der Waals surface area contributed by atoms with Gasteiger partial charge in [0.25, 0.3) is 0 Å². The van der Waals surface area contributed by atoms with Gasteiger partial charge >= 0.3 is 0 Å². The fourth-order valence-electron chi connectivity index (χ4n) is 3.36. The Balaban J connectivity index is 1.37. The zero-order chi connectivity index (χ0) is 25.9. The summed E-state index contributed by atoms with van der Waals surface area (Å²) in [7, 11) is 0. The lowest BCUT2D eigenvalue weighted by atomic mass is 10.2. The Labute approximate surface area is 213 Å². The number of hydrogen-bond donors (Lipinski definition) is 2. The maximum absolute atomic E-state index is 13.1. The number of hydrogen-bond acceptors (Lipinski definition) is 6. The zero-order valence-electron chi connectivity index (χ0n) is 19.8. The molecule has 188 valence electrons. The molecular weight excluding hydrogens is 475 g/mol. The third kappa shape index (κ3) is 8.22. The number of ether oxygens (including phenoxy) is 2. The zero-order valence-corrected chi connectivity index (χ0v) is 19.8. The molecule has 4 rings (SSSR count). The molecule has 0 aliphatic carbocycles. The van der Waals surface area contributed by atoms with E-state index in [2.05, 4.69) is 20.6 Å². The maximum Gasteiger partial charge on any atom is 0.249 e. The Morgan fingerprint density at radius 3 is 2.27 bits per heavy atom. The third-order valence-electron chi connectivity index (χ3n) is 5.18. The second-order valence-corrected chi connectivity index (χ2v) is 8.06. The van der Waals surface area contributed by atoms with Crippen LogP contribution in [-0.2, 0) is 27.4 Å². The number of amides is 2. The van der Waals surface area contributed by atoms with Crippen LogP contribution in [0.5, 0.6) is 11.5 Å². The molecule has 0 aliphatic heterocycles. The maximum atomic E-state index is 13.1. The van der Waals surface area contributed by atoms with Crippen molar-refractivity contribution in [1.82, 2.24) is 15.3 Å². The SMILES string of the molecule is O=C(Cc1cnccn1)N[C@@H](COCc1ccccc1)C(=O)Nc1ccc(Oc2ccc(F)cc2)cc1. The van der Waals surface area contributed by atoms with Crippen LogP contribution in [-0.4, -0.2) is 34.4 Å². The van der Waals surface area contributed by atoms with Gasteiger partial charge in [0, 0.05) is 24.3 Å². The summed E-state index contributed by atoms with van der Waals surface area (Å²) in [4.78, 5) is 33.7. The Morgan fingerprint density at radius 2 is 1.59 bits per heavy atom. The predicted octanol–water partition coefficient (Wildman–Crippen LogP) is 4.29. The highest BCUT2D eigenvalue weighted by molar-refractivity contribution is 5.97. The van der Waals surface area contributed by atoms with Crippen molar-refractivity contribution >= 4 is 17.5 Å². The quantitative estimate of drug-likeness (QED) is 0.319. The van der Waals surface area contributed by atoms with Gasteiger partial charge in [-0.05, 0) is 54.1 Å². The van der Waals surface area contributed by atoms with Crippen LogP contribution in [0.2, 0.25) is 0 Å². The molecule has 0 radical (unpaired) electrons. The van der Waals surface area contributed by atoms with Crippen LogP contribution in [0.25, 0.3) is 0 Å². The molecule has 9 heteroatoms. The van der Waals surface area contributed by atoms with Gasteiger partial charge in [0.1, 0.15) is 23.4 Å². The second kappa shape index (κ2) is 12.9. The summed E-state index contributed by atoms with van der Waals surface area (Å²) in [5.74, 6) is -0.166. The normalized spacial score (nSPS) is 11.4. The van der Waals surface area contributed by atoms with Crippen LogP contribution in [0, 0.1) is 5.82 Å². The van der Waals surface area contributed by atoms with E-state index in [0.29, 0.717) is 29.5 Å². The Kier molecular flexibility index (Phi) is 8.87. The first-order valence-electron chi connectivity index (χ1n) is 11.6. The van der Waals surface area contributed by atoms with Crippen LogP contribution in [0.1, 0.15) is 11.3 Å². The molecule has 0 saturated heterocycles. The van der Waals surface area contributed by atoms with E-state index >= 15 is 0 Å². The average molecular weight is 501 g/mol. The van der Waals surface area contributed by atoms with Crippen molar-refractivity contribution in [2.75, 3.05) is 11.9 Å². The number of carbonyl (C=O) groups excluding carboxylic acids is 2. The van der Waals surface area contributed by atoms with E-state index in [0.717, 1.165) is 5.56 Å². The van der Waals surface area contributed by atoms with Crippen molar-refractivity contribution in [3.63, 3.8) is 0 Å². The largest absolute Gasteiger partial charge is 0.457 e. The number of rotatable bonds is 11. The summed E-state index contributed by atoms with van der Waals surface area (Å²) >= 11 is 0. The minimum absolute atomic E-state index is 0.0221. The minimum Gasteiger partial charge on any atom is -0.457 e. The molecule has 3 aromatic carbocycles. The molecule has 0 bridgehead atoms. The lowest BCUT2D eigenvalue weighted by Gasteiger charge is -2.19. The molecule has 4 aromatic rings. The van der Waals surface area contributed by atoms with Gasteiger partial charge in [-0.3, -0.25) is 19.6 Å². The third-order valence-corrected chi connectivity index (χ3v) is 5.18. The van der Waals surface area contributed by atoms with Crippen molar-refractivity contribution in [2.24, 2.45) is 0 Å². The molecule has 1 atom stereocenters. The second-order valence-electron chi connectivity index (χ2n) is 8.06. The van der Waals surface area contributed by atoms with Gasteiger partial charge in [0.05, 0.1) is 25.3 Å². The predicted molar refractivity (Wildman–Crippen MR) is 135 cm³/mol. The number of nitrogens with zero attached hydrogens (tertiary/aromatic N) is 2. The van der Waals surface area contributed by atoms with Gasteiger partial charge in [0.2, 0.25) is 11.8 Å². The summed E-state index contributed by atoms with van der Waals surface area (Å²) in [6.45, 7) is 0.263. The Morgan fingerprint density at radius 1 is 0.892 bits per heavy atom. The van der Waals surface area contributed by atoms with Crippen molar-refractivity contribution < 1.29 is 23.5 Å². The van der Waals surface area contributed by atoms with E-state index in [9.17, 15) is 14.0 Å². The first-order chi connectivity index (χ1) is 18.0. The van der Waals surface area contributed by atoms with E-state index in [1.165, 1.54) is 42.9 Å². The monoisotopic (exact) mass is 500 g/mol. The van der Waals surface area contributed by atoms with E-state index in [1.54, 1.807) is 24.3 Å². The molecule has 0 aliphatic rings. The molecule has 0 spiro atoms. The Hall–Kier alpha value is -4.63. The van der Waals surface area contributed by atoms with Crippen LogP contribution in [0.3, 0.4) is 0 Å². The molecule has 0 unspecified atom stereocenters. The van der Waals surface area contributed by atoms with Gasteiger partial charge in [0.15, 0.2) is 0 Å². The molecule has 0 fully saturated rings. The van der Waals surface area contributed by atoms with Crippen molar-refractivity contribution in [3.8, 4) is 11.5 Å². The van der Waals surface area contributed by atoms with Crippen LogP contribution >= 0.6 is 0 Å². The van der Waals surface area contributed by atoms with E-state index in [1.807, 2.05) is 30.3 Å². The fourth-order valence-corrected chi connectivity index (χ4v) is 3.36. The van der Waals surface area contributed by atoms with Crippen molar-refractivity contribution in [1.29, 1.82) is 0 Å². The van der Waals surface area contributed by atoms with E-state index in [4.69, 9.17) is 9.47 Å². The highest BCUT2D eigenvalue weighted by Gasteiger charge is 2.22. The van der Waals surface area contributed by atoms with Gasteiger partial charge < -0.3 is 20.1 Å². The molecule has 1 heterocycles. The van der Waals surface area contributed by atoms with E-state index in [-0.39, 0.29) is 24.8 Å². The summed E-state index contributed by atoms with van der Waals surface area (Å²) < 4.78 is 24.5. The van der Waals surface area contributed by atoms with Crippen molar-refractivity contribution in [3.05, 3.63) is 115 Å².